The second-order valence-corrected chi connectivity index (χ2v) is 3.61. The largest absolute Gasteiger partial charge is 0.381 e. The number of methoxy groups -OCH3 is 1. The first-order valence-corrected chi connectivity index (χ1v) is 5.60. The van der Waals surface area contributed by atoms with Gasteiger partial charge in [-0.3, -0.25) is 0 Å². The zero-order valence-corrected chi connectivity index (χ0v) is 9.88. The summed E-state index contributed by atoms with van der Waals surface area (Å²) in [7, 11) is 1.79. The number of hydrogen-bond donors (Lipinski definition) is 0. The van der Waals surface area contributed by atoms with Gasteiger partial charge >= 0.3 is 0 Å². The average Bonchev–Trinajstić information content (AvgIpc) is 2.20. The van der Waals surface area contributed by atoms with Gasteiger partial charge in [-0.05, 0) is 25.7 Å². The van der Waals surface area contributed by atoms with Gasteiger partial charge in [0.15, 0.2) is 0 Å². The van der Waals surface area contributed by atoms with Crippen LogP contribution < -0.4 is 0 Å². The zero-order valence-electron chi connectivity index (χ0n) is 9.88. The van der Waals surface area contributed by atoms with E-state index in [1.54, 1.807) is 7.11 Å². The Labute approximate surface area is 88.9 Å². The van der Waals surface area contributed by atoms with Gasteiger partial charge in [-0.25, -0.2) is 0 Å². The van der Waals surface area contributed by atoms with Crippen LogP contribution in [0.1, 0.15) is 46.0 Å². The molecule has 0 rings (SSSR count). The van der Waals surface area contributed by atoms with Crippen LogP contribution >= 0.6 is 0 Å². The highest BCUT2D eigenvalue weighted by atomic mass is 16.5. The quantitative estimate of drug-likeness (QED) is 0.531. The maximum atomic E-state index is 5.34. The zero-order chi connectivity index (χ0) is 10.8. The van der Waals surface area contributed by atoms with E-state index in [4.69, 9.17) is 4.74 Å². The lowest BCUT2D eigenvalue weighted by Crippen LogP contribution is -2.07. The molecule has 0 aliphatic rings. The van der Waals surface area contributed by atoms with Gasteiger partial charge < -0.3 is 4.74 Å². The third-order valence-electron chi connectivity index (χ3n) is 2.44. The molecular formula is C13H24O. The fourth-order valence-corrected chi connectivity index (χ4v) is 1.52. The summed E-state index contributed by atoms with van der Waals surface area (Å²) in [6.45, 7) is 8.15. The summed E-state index contributed by atoms with van der Waals surface area (Å²) in [5, 5.41) is 0. The molecule has 0 aromatic heterocycles. The van der Waals surface area contributed by atoms with Gasteiger partial charge in [0.25, 0.3) is 0 Å². The summed E-state index contributed by atoms with van der Waals surface area (Å²) in [5.74, 6) is 0. The Morgan fingerprint density at radius 3 is 2.57 bits per heavy atom. The van der Waals surface area contributed by atoms with E-state index in [2.05, 4.69) is 26.5 Å². The summed E-state index contributed by atoms with van der Waals surface area (Å²) >= 11 is 0. The van der Waals surface area contributed by atoms with Crippen LogP contribution in [0, 0.1) is 0 Å². The van der Waals surface area contributed by atoms with E-state index < -0.39 is 0 Å². The summed E-state index contributed by atoms with van der Waals surface area (Å²) in [4.78, 5) is 0. The Morgan fingerprint density at radius 2 is 2.14 bits per heavy atom. The second kappa shape index (κ2) is 9.01. The van der Waals surface area contributed by atoms with Crippen LogP contribution in [-0.4, -0.2) is 13.2 Å². The highest BCUT2D eigenvalue weighted by molar-refractivity contribution is 5.06. The van der Waals surface area contributed by atoms with E-state index in [0.717, 1.165) is 19.3 Å². The molecule has 82 valence electrons. The molecule has 0 saturated heterocycles. The number of hydrogen-bond acceptors (Lipinski definition) is 1. The highest BCUT2D eigenvalue weighted by Gasteiger charge is 2.02. The highest BCUT2D eigenvalue weighted by Crippen LogP contribution is 2.13. The standard InChI is InChI=1S/C13H24O/c1-5-8-12(9-6-2)10-11-13(7-3)14-4/h5,10,13H,1,6-9,11H2,2-4H3/b12-10+. The normalized spacial score (nSPS) is 14.1. The van der Waals surface area contributed by atoms with Gasteiger partial charge in [-0.15, -0.1) is 6.58 Å². The van der Waals surface area contributed by atoms with Crippen molar-refractivity contribution in [2.45, 2.75) is 52.1 Å². The van der Waals surface area contributed by atoms with Gasteiger partial charge in [0.05, 0.1) is 6.10 Å². The maximum absolute atomic E-state index is 5.34. The van der Waals surface area contributed by atoms with Crippen molar-refractivity contribution in [3.63, 3.8) is 0 Å². The number of ether oxygens (including phenoxy) is 1. The van der Waals surface area contributed by atoms with Gasteiger partial charge in [0.1, 0.15) is 0 Å². The molecule has 0 fully saturated rings. The van der Waals surface area contributed by atoms with E-state index in [-0.39, 0.29) is 0 Å². The minimum absolute atomic E-state index is 0.381. The lowest BCUT2D eigenvalue weighted by atomic mass is 10.0. The molecular weight excluding hydrogens is 172 g/mol. The van der Waals surface area contributed by atoms with E-state index >= 15 is 0 Å². The molecule has 1 atom stereocenters. The van der Waals surface area contributed by atoms with Crippen LogP contribution in [0.25, 0.3) is 0 Å². The van der Waals surface area contributed by atoms with Crippen LogP contribution in [-0.2, 0) is 4.74 Å². The first-order valence-electron chi connectivity index (χ1n) is 5.60. The number of allylic oxidation sites excluding steroid dienone is 2. The van der Waals surface area contributed by atoms with Crippen molar-refractivity contribution >= 4 is 0 Å². The second-order valence-electron chi connectivity index (χ2n) is 3.61. The van der Waals surface area contributed by atoms with E-state index in [0.29, 0.717) is 6.10 Å². The van der Waals surface area contributed by atoms with Gasteiger partial charge in [0.2, 0.25) is 0 Å². The smallest absolute Gasteiger partial charge is 0.0603 e. The Balaban J connectivity index is 4.04. The lowest BCUT2D eigenvalue weighted by molar-refractivity contribution is 0.102. The Bertz CT molecular complexity index is 166. The van der Waals surface area contributed by atoms with Crippen LogP contribution in [0.5, 0.6) is 0 Å². The van der Waals surface area contributed by atoms with Gasteiger partial charge in [-0.1, -0.05) is 38.0 Å². The van der Waals surface area contributed by atoms with Gasteiger partial charge in [0, 0.05) is 7.11 Å². The summed E-state index contributed by atoms with van der Waals surface area (Å²) in [6, 6.07) is 0. The molecule has 14 heavy (non-hydrogen) atoms. The first-order chi connectivity index (χ1) is 6.78. The van der Waals surface area contributed by atoms with Crippen molar-refractivity contribution in [3.05, 3.63) is 24.3 Å². The Morgan fingerprint density at radius 1 is 1.43 bits per heavy atom. The summed E-state index contributed by atoms with van der Waals surface area (Å²) in [5.41, 5.74) is 1.50. The summed E-state index contributed by atoms with van der Waals surface area (Å²) in [6.07, 6.45) is 10.2. The van der Waals surface area contributed by atoms with Crippen molar-refractivity contribution < 1.29 is 4.74 Å². The maximum Gasteiger partial charge on any atom is 0.0603 e. The fraction of sp³-hybridized carbons (Fsp3) is 0.692. The minimum Gasteiger partial charge on any atom is -0.381 e. The van der Waals surface area contributed by atoms with Crippen LogP contribution in [0.15, 0.2) is 24.3 Å². The van der Waals surface area contributed by atoms with Crippen LogP contribution in [0.3, 0.4) is 0 Å². The fourth-order valence-electron chi connectivity index (χ4n) is 1.52. The molecule has 1 nitrogen and oxygen atoms in total. The van der Waals surface area contributed by atoms with Gasteiger partial charge in [-0.2, -0.15) is 0 Å². The van der Waals surface area contributed by atoms with Crippen LogP contribution in [0.4, 0.5) is 0 Å². The van der Waals surface area contributed by atoms with Crippen molar-refractivity contribution in [3.8, 4) is 0 Å². The Kier molecular flexibility index (Phi) is 8.65. The molecule has 0 spiro atoms. The SMILES string of the molecule is C=CC/C(=C\CC(CC)OC)CCC. The van der Waals surface area contributed by atoms with Crippen LogP contribution in [0.2, 0.25) is 0 Å². The molecule has 0 N–H and O–H groups in total. The molecule has 0 saturated carbocycles. The van der Waals surface area contributed by atoms with Crippen molar-refractivity contribution in [1.82, 2.24) is 0 Å². The molecule has 0 radical (unpaired) electrons. The molecule has 0 aromatic carbocycles. The molecule has 1 unspecified atom stereocenters. The minimum atomic E-state index is 0.381. The molecule has 0 aliphatic heterocycles. The summed E-state index contributed by atoms with van der Waals surface area (Å²) < 4.78 is 5.34. The average molecular weight is 196 g/mol. The van der Waals surface area contributed by atoms with Crippen molar-refractivity contribution in [2.75, 3.05) is 7.11 Å². The monoisotopic (exact) mass is 196 g/mol. The predicted octanol–water partition coefficient (Wildman–Crippen LogP) is 4.10. The molecule has 0 heterocycles. The van der Waals surface area contributed by atoms with E-state index in [1.807, 2.05) is 6.08 Å². The third-order valence-corrected chi connectivity index (χ3v) is 2.44. The topological polar surface area (TPSA) is 9.23 Å². The molecule has 0 bridgehead atoms. The van der Waals surface area contributed by atoms with E-state index in [9.17, 15) is 0 Å². The molecule has 0 amide bonds. The molecule has 0 aromatic rings. The van der Waals surface area contributed by atoms with Crippen molar-refractivity contribution in [1.29, 1.82) is 0 Å². The predicted molar refractivity (Wildman–Crippen MR) is 63.5 cm³/mol. The number of rotatable bonds is 8. The molecule has 1 heteroatoms. The Hall–Kier alpha value is -0.560. The first kappa shape index (κ1) is 13.4. The third kappa shape index (κ3) is 5.98. The van der Waals surface area contributed by atoms with Crippen molar-refractivity contribution in [2.24, 2.45) is 0 Å². The lowest BCUT2D eigenvalue weighted by Gasteiger charge is -2.11. The van der Waals surface area contributed by atoms with E-state index in [1.165, 1.54) is 18.4 Å². The molecule has 0 aliphatic carbocycles.